The van der Waals surface area contributed by atoms with Gasteiger partial charge >= 0.3 is 12.2 Å². The topological polar surface area (TPSA) is 177 Å². The number of hydrogen-bond donors (Lipinski definition) is 4. The molecule has 0 saturated carbocycles. The van der Waals surface area contributed by atoms with Gasteiger partial charge in [0, 0.05) is 37.5 Å². The normalized spacial score (nSPS) is 20.0. The molecule has 0 radical (unpaired) electrons. The van der Waals surface area contributed by atoms with Crippen LogP contribution in [0.4, 0.5) is 9.59 Å². The van der Waals surface area contributed by atoms with Crippen LogP contribution in [0.25, 0.3) is 44.4 Å². The number of ether oxygens (including phenoxy) is 1. The Morgan fingerprint density at radius 3 is 1.95 bits per heavy atom. The van der Waals surface area contributed by atoms with Gasteiger partial charge in [-0.25, -0.2) is 19.6 Å². The third-order valence-corrected chi connectivity index (χ3v) is 12.4. The third kappa shape index (κ3) is 8.81. The van der Waals surface area contributed by atoms with Gasteiger partial charge in [0.1, 0.15) is 23.7 Å². The van der Waals surface area contributed by atoms with Crippen molar-refractivity contribution >= 4 is 46.4 Å². The van der Waals surface area contributed by atoms with Crippen LogP contribution in [-0.4, -0.2) is 103 Å². The van der Waals surface area contributed by atoms with Gasteiger partial charge in [0.05, 0.1) is 30.6 Å². The molecule has 3 aromatic carbocycles. The van der Waals surface area contributed by atoms with E-state index in [1.165, 1.54) is 14.2 Å². The molecular formula is C46H55ClN8O6. The minimum atomic E-state index is -1.13. The Labute approximate surface area is 361 Å². The SMILES string of the molecule is COC(=O)N[C@H](C(=O)N1C[C@@H](C)C[C@H]1c1nc(Cl)c(-c2ccc3cc(-c4ccc(-c5c[nH]c([C@@H]6C[C@H](C)CN6C(=O)[C@H](C(C)C)N(C)C(=O)O)n5)cc4)ccc3c2)[nH]1)C(C)C. The molecule has 0 unspecified atom stereocenters. The maximum Gasteiger partial charge on any atom is 0.407 e. The van der Waals surface area contributed by atoms with Crippen molar-refractivity contribution in [3.8, 4) is 33.6 Å². The van der Waals surface area contributed by atoms with Crippen LogP contribution in [0, 0.1) is 23.7 Å². The second-order valence-electron chi connectivity index (χ2n) is 17.4. The number of H-pyrrole nitrogens is 2. The summed E-state index contributed by atoms with van der Waals surface area (Å²) in [5, 5.41) is 14.8. The molecule has 15 heteroatoms. The molecule has 4 heterocycles. The number of halogens is 1. The molecule has 14 nitrogen and oxygen atoms in total. The zero-order chi connectivity index (χ0) is 43.9. The summed E-state index contributed by atoms with van der Waals surface area (Å²) in [5.74, 6) is 1.05. The summed E-state index contributed by atoms with van der Waals surface area (Å²) in [6.07, 6.45) is 1.52. The van der Waals surface area contributed by atoms with Crippen molar-refractivity contribution in [2.24, 2.45) is 23.7 Å². The van der Waals surface area contributed by atoms with Gasteiger partial charge in [0.25, 0.3) is 0 Å². The number of hydrogen-bond acceptors (Lipinski definition) is 7. The Kier molecular flexibility index (Phi) is 12.5. The van der Waals surface area contributed by atoms with Gasteiger partial charge in [-0.15, -0.1) is 0 Å². The molecule has 0 spiro atoms. The summed E-state index contributed by atoms with van der Waals surface area (Å²) in [7, 11) is 2.73. The van der Waals surface area contributed by atoms with E-state index in [0.29, 0.717) is 42.0 Å². The Hall–Kier alpha value is -5.89. The average Bonchev–Trinajstić information content (AvgIpc) is 4.05. The number of aromatic nitrogens is 4. The first-order chi connectivity index (χ1) is 29.0. The number of nitrogens with zero attached hydrogens (tertiary/aromatic N) is 5. The van der Waals surface area contributed by atoms with E-state index in [1.807, 2.05) is 52.1 Å². The molecule has 5 aromatic rings. The summed E-state index contributed by atoms with van der Waals surface area (Å²) >= 11 is 6.78. The lowest BCUT2D eigenvalue weighted by molar-refractivity contribution is -0.138. The van der Waals surface area contributed by atoms with Gasteiger partial charge < -0.3 is 34.9 Å². The van der Waals surface area contributed by atoms with Gasteiger partial charge in [0.15, 0.2) is 5.15 Å². The van der Waals surface area contributed by atoms with E-state index in [1.54, 1.807) is 9.80 Å². The molecule has 7 rings (SSSR count). The summed E-state index contributed by atoms with van der Waals surface area (Å²) in [5.41, 5.74) is 5.33. The monoisotopic (exact) mass is 850 g/mol. The van der Waals surface area contributed by atoms with Gasteiger partial charge in [0.2, 0.25) is 11.8 Å². The van der Waals surface area contributed by atoms with E-state index in [4.69, 9.17) is 26.3 Å². The highest BCUT2D eigenvalue weighted by molar-refractivity contribution is 6.32. The van der Waals surface area contributed by atoms with Gasteiger partial charge in [-0.3, -0.25) is 14.5 Å². The fourth-order valence-electron chi connectivity index (χ4n) is 8.95. The van der Waals surface area contributed by atoms with Crippen molar-refractivity contribution in [1.82, 2.24) is 40.0 Å². The summed E-state index contributed by atoms with van der Waals surface area (Å²) in [6.45, 7) is 12.8. The van der Waals surface area contributed by atoms with E-state index in [9.17, 15) is 24.3 Å². The zero-order valence-corrected chi connectivity index (χ0v) is 36.7. The number of carbonyl (C=O) groups is 4. The number of rotatable bonds is 11. The summed E-state index contributed by atoms with van der Waals surface area (Å²) in [6, 6.07) is 18.6. The fraction of sp³-hybridized carbons (Fsp3) is 0.435. The quantitative estimate of drug-likeness (QED) is 0.102. The van der Waals surface area contributed by atoms with Crippen LogP contribution >= 0.6 is 11.6 Å². The smallest absolute Gasteiger partial charge is 0.407 e. The van der Waals surface area contributed by atoms with Gasteiger partial charge in [-0.2, -0.15) is 0 Å². The minimum absolute atomic E-state index is 0.147. The molecule has 2 fully saturated rings. The van der Waals surface area contributed by atoms with E-state index in [2.05, 4.69) is 71.6 Å². The molecule has 4 N–H and O–H groups in total. The third-order valence-electron chi connectivity index (χ3n) is 12.1. The van der Waals surface area contributed by atoms with Crippen molar-refractivity contribution in [3.05, 3.63) is 83.7 Å². The lowest BCUT2D eigenvalue weighted by atomic mass is 9.98. The maximum atomic E-state index is 13.8. The Morgan fingerprint density at radius 1 is 0.803 bits per heavy atom. The summed E-state index contributed by atoms with van der Waals surface area (Å²) < 4.78 is 4.79. The molecule has 4 amide bonds. The Bertz CT molecular complexity index is 2430. The molecule has 61 heavy (non-hydrogen) atoms. The minimum Gasteiger partial charge on any atom is -0.465 e. The van der Waals surface area contributed by atoms with Crippen LogP contribution in [0.5, 0.6) is 0 Å². The van der Waals surface area contributed by atoms with E-state index >= 15 is 0 Å². The molecule has 0 bridgehead atoms. The van der Waals surface area contributed by atoms with Crippen LogP contribution in [0.15, 0.2) is 66.9 Å². The number of carboxylic acid groups (broad SMARTS) is 1. The van der Waals surface area contributed by atoms with Crippen LogP contribution in [0.1, 0.15) is 78.1 Å². The number of carbonyl (C=O) groups excluding carboxylic acids is 3. The molecule has 322 valence electrons. The number of alkyl carbamates (subject to hydrolysis) is 1. The largest absolute Gasteiger partial charge is 0.465 e. The van der Waals surface area contributed by atoms with E-state index < -0.39 is 24.3 Å². The van der Waals surface area contributed by atoms with Crippen molar-refractivity contribution in [2.45, 2.75) is 78.6 Å². The molecule has 2 aliphatic rings. The maximum absolute atomic E-state index is 13.8. The number of nitrogens with one attached hydrogen (secondary N) is 3. The van der Waals surface area contributed by atoms with Gasteiger partial charge in [-0.1, -0.05) is 102 Å². The number of benzene rings is 3. The predicted octanol–water partition coefficient (Wildman–Crippen LogP) is 8.77. The number of likely N-dealkylation sites (tertiary alicyclic amines) is 2. The highest BCUT2D eigenvalue weighted by Crippen LogP contribution is 2.39. The molecule has 2 aliphatic heterocycles. The average molecular weight is 851 g/mol. The first kappa shape index (κ1) is 43.2. The number of imidazole rings is 2. The Morgan fingerprint density at radius 2 is 1.36 bits per heavy atom. The highest BCUT2D eigenvalue weighted by atomic mass is 35.5. The van der Waals surface area contributed by atoms with E-state index in [0.717, 1.165) is 50.0 Å². The number of likely N-dealkylation sites (N-methyl/N-ethyl adjacent to an activating group) is 1. The fourth-order valence-corrected chi connectivity index (χ4v) is 9.20. The summed E-state index contributed by atoms with van der Waals surface area (Å²) in [4.78, 5) is 72.5. The van der Waals surface area contributed by atoms with Crippen molar-refractivity contribution in [3.63, 3.8) is 0 Å². The number of methoxy groups -OCH3 is 1. The zero-order valence-electron chi connectivity index (χ0n) is 35.9. The number of aromatic amines is 2. The molecule has 0 aliphatic carbocycles. The molecule has 2 aromatic heterocycles. The van der Waals surface area contributed by atoms with Crippen molar-refractivity contribution < 1.29 is 29.0 Å². The standard InChI is InChI=1S/C46H55ClN8O6/c1-24(2)37(51-45(58)61-8)43(56)54-22-27(6)18-36(54)42-50-38(40(47)52-42)33-16-15-31-19-30(13-14-32(31)20-33)28-9-11-29(12-10-28)34-21-48-41(49-34)35-17-26(5)23-55(35)44(57)39(25(3)4)53(7)46(59)60/h9-16,19-21,24-27,35-37,39H,17-18,22-23H2,1-8H3,(H,48,49)(H,50,52)(H,51,58)(H,59,60)/t26-,27-,35-,36-,37-,39-/m0/s1. The molecule has 6 atom stereocenters. The Balaban J connectivity index is 1.06. The predicted molar refractivity (Wildman–Crippen MR) is 235 cm³/mol. The van der Waals surface area contributed by atoms with Crippen LogP contribution in [-0.2, 0) is 14.3 Å². The first-order valence-corrected chi connectivity index (χ1v) is 21.3. The second-order valence-corrected chi connectivity index (χ2v) is 17.8. The first-order valence-electron chi connectivity index (χ1n) is 20.9. The number of amides is 4. The van der Waals surface area contributed by atoms with E-state index in [-0.39, 0.29) is 47.6 Å². The lowest BCUT2D eigenvalue weighted by Crippen LogP contribution is -2.51. The van der Waals surface area contributed by atoms with Crippen LogP contribution < -0.4 is 5.32 Å². The molecular weight excluding hydrogens is 796 g/mol. The van der Waals surface area contributed by atoms with Crippen LogP contribution in [0.2, 0.25) is 5.15 Å². The van der Waals surface area contributed by atoms with Crippen LogP contribution in [0.3, 0.4) is 0 Å². The highest BCUT2D eigenvalue weighted by Gasteiger charge is 2.43. The van der Waals surface area contributed by atoms with Crippen molar-refractivity contribution in [1.29, 1.82) is 0 Å². The second kappa shape index (κ2) is 17.6. The number of fused-ring (bicyclic) bond motifs is 1. The van der Waals surface area contributed by atoms with Gasteiger partial charge in [-0.05, 0) is 70.5 Å². The van der Waals surface area contributed by atoms with Crippen molar-refractivity contribution in [2.75, 3.05) is 27.2 Å². The molecule has 2 saturated heterocycles. The lowest BCUT2D eigenvalue weighted by Gasteiger charge is -2.33.